The summed E-state index contributed by atoms with van der Waals surface area (Å²) in [6, 6.07) is 0.585. The third-order valence-electron chi connectivity index (χ3n) is 2.14. The van der Waals surface area contributed by atoms with Crippen molar-refractivity contribution in [1.82, 2.24) is 4.98 Å². The molecule has 0 fully saturated rings. The highest BCUT2D eigenvalue weighted by Crippen LogP contribution is 2.29. The summed E-state index contributed by atoms with van der Waals surface area (Å²) in [6.45, 7) is 1.71. The molecule has 0 bridgehead atoms. The lowest BCUT2D eigenvalue weighted by atomic mass is 10.1. The topological polar surface area (TPSA) is 48.4 Å². The zero-order valence-corrected chi connectivity index (χ0v) is 9.87. The zero-order chi connectivity index (χ0) is 13.7. The molecule has 0 amide bonds. The molecule has 4 nitrogen and oxygen atoms in total. The number of aromatic nitrogens is 1. The number of carbonyl (C=O) groups excluding carboxylic acids is 1. The minimum absolute atomic E-state index is 0.125. The van der Waals surface area contributed by atoms with Gasteiger partial charge < -0.3 is 9.47 Å². The number of methoxy groups -OCH3 is 1. The Morgan fingerprint density at radius 3 is 2.67 bits per heavy atom. The van der Waals surface area contributed by atoms with Gasteiger partial charge in [-0.25, -0.2) is 8.78 Å². The second-order valence-corrected chi connectivity index (χ2v) is 3.30. The van der Waals surface area contributed by atoms with Crippen LogP contribution in [-0.2, 0) is 16.0 Å². The van der Waals surface area contributed by atoms with Crippen molar-refractivity contribution < 1.29 is 27.4 Å². The number of halogens is 3. The van der Waals surface area contributed by atoms with Crippen molar-refractivity contribution in [3.63, 3.8) is 0 Å². The Hall–Kier alpha value is -1.79. The molecule has 0 aliphatic carbocycles. The molecule has 0 saturated heterocycles. The molecule has 100 valence electrons. The van der Waals surface area contributed by atoms with E-state index in [1.807, 2.05) is 0 Å². The molecule has 0 N–H and O–H groups in total. The Bertz CT molecular complexity index is 438. The molecule has 0 atom stereocenters. The van der Waals surface area contributed by atoms with Crippen LogP contribution in [-0.4, -0.2) is 24.7 Å². The minimum atomic E-state index is -2.93. The number of esters is 1. The number of nitrogens with zero attached hydrogens (tertiary/aromatic N) is 1. The van der Waals surface area contributed by atoms with Gasteiger partial charge in [0.25, 0.3) is 6.43 Å². The molecule has 1 rings (SSSR count). The van der Waals surface area contributed by atoms with Crippen LogP contribution in [0.5, 0.6) is 5.88 Å². The highest BCUT2D eigenvalue weighted by Gasteiger charge is 2.22. The summed E-state index contributed by atoms with van der Waals surface area (Å²) in [5.41, 5.74) is -0.778. The molecule has 0 radical (unpaired) electrons. The standard InChI is InChI=1S/C11H12F3NO3/c1-3-18-9(16)5-7-6(10(13)14)4-8(12)15-11(7)17-2/h4,10H,3,5H2,1-2H3. The molecule has 0 unspecified atom stereocenters. The van der Waals surface area contributed by atoms with Crippen molar-refractivity contribution in [2.75, 3.05) is 13.7 Å². The van der Waals surface area contributed by atoms with Gasteiger partial charge in [0.1, 0.15) is 0 Å². The molecule has 1 heterocycles. The van der Waals surface area contributed by atoms with Gasteiger partial charge in [0.2, 0.25) is 11.8 Å². The normalized spacial score (nSPS) is 10.6. The summed E-state index contributed by atoms with van der Waals surface area (Å²) in [6.07, 6.45) is -3.37. The van der Waals surface area contributed by atoms with E-state index < -0.39 is 30.3 Å². The maximum absolute atomic E-state index is 13.0. The Labute approximate surface area is 102 Å². The zero-order valence-electron chi connectivity index (χ0n) is 9.87. The number of pyridine rings is 1. The van der Waals surface area contributed by atoms with Crippen molar-refractivity contribution >= 4 is 5.97 Å². The summed E-state index contributed by atoms with van der Waals surface area (Å²) in [7, 11) is 1.16. The van der Waals surface area contributed by atoms with Crippen LogP contribution >= 0.6 is 0 Å². The lowest BCUT2D eigenvalue weighted by Gasteiger charge is -2.12. The van der Waals surface area contributed by atoms with E-state index in [9.17, 15) is 18.0 Å². The smallest absolute Gasteiger partial charge is 0.310 e. The maximum atomic E-state index is 13.0. The second kappa shape index (κ2) is 6.23. The van der Waals surface area contributed by atoms with Crippen LogP contribution in [0.1, 0.15) is 24.5 Å². The average molecular weight is 263 g/mol. The van der Waals surface area contributed by atoms with Crippen molar-refractivity contribution in [2.24, 2.45) is 0 Å². The Morgan fingerprint density at radius 2 is 2.17 bits per heavy atom. The van der Waals surface area contributed by atoms with Gasteiger partial charge in [0.15, 0.2) is 0 Å². The first-order valence-electron chi connectivity index (χ1n) is 5.16. The predicted molar refractivity (Wildman–Crippen MR) is 56.0 cm³/mol. The Morgan fingerprint density at radius 1 is 1.50 bits per heavy atom. The van der Waals surface area contributed by atoms with Crippen LogP contribution in [0.3, 0.4) is 0 Å². The van der Waals surface area contributed by atoms with Crippen LogP contribution < -0.4 is 4.74 Å². The molecule has 0 saturated carbocycles. The summed E-state index contributed by atoms with van der Waals surface area (Å²) < 4.78 is 47.9. The predicted octanol–water partition coefficient (Wildman–Crippen LogP) is 2.27. The largest absolute Gasteiger partial charge is 0.481 e. The molecule has 1 aromatic heterocycles. The molecule has 0 spiro atoms. The molecule has 0 aliphatic heterocycles. The fourth-order valence-corrected chi connectivity index (χ4v) is 1.43. The summed E-state index contributed by atoms with van der Waals surface area (Å²) in [5.74, 6) is -2.13. The van der Waals surface area contributed by atoms with E-state index in [2.05, 4.69) is 9.72 Å². The number of carbonyl (C=O) groups is 1. The van der Waals surface area contributed by atoms with E-state index >= 15 is 0 Å². The quantitative estimate of drug-likeness (QED) is 0.604. The lowest BCUT2D eigenvalue weighted by molar-refractivity contribution is -0.142. The fraction of sp³-hybridized carbons (Fsp3) is 0.455. The monoisotopic (exact) mass is 263 g/mol. The van der Waals surface area contributed by atoms with Gasteiger partial charge in [-0.15, -0.1) is 0 Å². The molecule has 1 aromatic rings. The van der Waals surface area contributed by atoms with Gasteiger partial charge in [-0.05, 0) is 6.92 Å². The third kappa shape index (κ3) is 3.35. The van der Waals surface area contributed by atoms with E-state index in [1.165, 1.54) is 0 Å². The minimum Gasteiger partial charge on any atom is -0.481 e. The SMILES string of the molecule is CCOC(=O)Cc1c(C(F)F)cc(F)nc1OC. The summed E-state index contributed by atoms with van der Waals surface area (Å²) >= 11 is 0. The first-order valence-corrected chi connectivity index (χ1v) is 5.16. The van der Waals surface area contributed by atoms with Crippen LogP contribution in [0.2, 0.25) is 0 Å². The first-order chi connectivity index (χ1) is 8.49. The molecule has 18 heavy (non-hydrogen) atoms. The van der Waals surface area contributed by atoms with Crippen LogP contribution in [0.15, 0.2) is 6.07 Å². The van der Waals surface area contributed by atoms with Gasteiger partial charge in [0.05, 0.1) is 20.1 Å². The Kier molecular flexibility index (Phi) is 4.94. The van der Waals surface area contributed by atoms with Crippen molar-refractivity contribution in [3.8, 4) is 5.88 Å². The van der Waals surface area contributed by atoms with Gasteiger partial charge >= 0.3 is 5.97 Å². The van der Waals surface area contributed by atoms with E-state index in [-0.39, 0.29) is 18.1 Å². The van der Waals surface area contributed by atoms with Crippen LogP contribution in [0.4, 0.5) is 13.2 Å². The van der Waals surface area contributed by atoms with Crippen molar-refractivity contribution in [2.45, 2.75) is 19.8 Å². The number of ether oxygens (including phenoxy) is 2. The fourth-order valence-electron chi connectivity index (χ4n) is 1.43. The molecule has 0 aromatic carbocycles. The van der Waals surface area contributed by atoms with E-state index in [1.54, 1.807) is 6.92 Å². The maximum Gasteiger partial charge on any atom is 0.310 e. The summed E-state index contributed by atoms with van der Waals surface area (Å²) in [4.78, 5) is 14.6. The van der Waals surface area contributed by atoms with Crippen LogP contribution in [0.25, 0.3) is 0 Å². The Balaban J connectivity index is 3.16. The third-order valence-corrected chi connectivity index (χ3v) is 2.14. The second-order valence-electron chi connectivity index (χ2n) is 3.30. The van der Waals surface area contributed by atoms with Crippen LogP contribution in [0, 0.1) is 5.95 Å². The molecular formula is C11H12F3NO3. The molecule has 0 aliphatic rings. The summed E-state index contributed by atoms with van der Waals surface area (Å²) in [5, 5.41) is 0. The van der Waals surface area contributed by atoms with Gasteiger partial charge in [-0.2, -0.15) is 9.37 Å². The molecule has 7 heteroatoms. The highest BCUT2D eigenvalue weighted by molar-refractivity contribution is 5.74. The molecular weight excluding hydrogens is 251 g/mol. The highest BCUT2D eigenvalue weighted by atomic mass is 19.3. The first kappa shape index (κ1) is 14.3. The van der Waals surface area contributed by atoms with Gasteiger partial charge in [-0.3, -0.25) is 4.79 Å². The van der Waals surface area contributed by atoms with E-state index in [0.717, 1.165) is 7.11 Å². The van der Waals surface area contributed by atoms with Crippen molar-refractivity contribution in [1.29, 1.82) is 0 Å². The van der Waals surface area contributed by atoms with E-state index in [4.69, 9.17) is 4.74 Å². The average Bonchev–Trinajstić information content (AvgIpc) is 2.30. The van der Waals surface area contributed by atoms with Crippen molar-refractivity contribution in [3.05, 3.63) is 23.1 Å². The number of alkyl halides is 2. The van der Waals surface area contributed by atoms with Gasteiger partial charge in [-0.1, -0.05) is 0 Å². The van der Waals surface area contributed by atoms with Gasteiger partial charge in [0, 0.05) is 17.2 Å². The van der Waals surface area contributed by atoms with E-state index in [0.29, 0.717) is 6.07 Å². The number of rotatable bonds is 5. The number of hydrogen-bond donors (Lipinski definition) is 0. The number of hydrogen-bond acceptors (Lipinski definition) is 4. The lowest BCUT2D eigenvalue weighted by Crippen LogP contribution is -2.12.